The fraction of sp³-hybridized carbons (Fsp3) is 0.273. The van der Waals surface area contributed by atoms with E-state index in [1.54, 1.807) is 18.2 Å². The zero-order valence-corrected chi connectivity index (χ0v) is 18.2. The number of hydrogen-bond donors (Lipinski definition) is 3. The molecule has 176 valence electrons. The summed E-state index contributed by atoms with van der Waals surface area (Å²) in [5.41, 5.74) is -1.11. The van der Waals surface area contributed by atoms with E-state index >= 15 is 0 Å². The van der Waals surface area contributed by atoms with E-state index in [2.05, 4.69) is 20.7 Å². The van der Waals surface area contributed by atoms with Gasteiger partial charge >= 0.3 is 5.97 Å². The van der Waals surface area contributed by atoms with Crippen molar-refractivity contribution in [1.82, 2.24) is 25.2 Å². The summed E-state index contributed by atoms with van der Waals surface area (Å²) < 4.78 is 20.4. The van der Waals surface area contributed by atoms with Gasteiger partial charge in [0.1, 0.15) is 29.3 Å². The van der Waals surface area contributed by atoms with E-state index in [-0.39, 0.29) is 42.4 Å². The lowest BCUT2D eigenvalue weighted by atomic mass is 10.0. The number of aliphatic carboxylic acids is 1. The number of ketones is 1. The summed E-state index contributed by atoms with van der Waals surface area (Å²) in [6.45, 7) is 2.66. The summed E-state index contributed by atoms with van der Waals surface area (Å²) in [5.74, 6) is -3.16. The van der Waals surface area contributed by atoms with Crippen LogP contribution >= 0.6 is 0 Å². The number of nitrogens with one attached hydrogen (secondary N) is 2. The second-order valence-electron chi connectivity index (χ2n) is 8.27. The Kier molecular flexibility index (Phi) is 5.73. The largest absolute Gasteiger partial charge is 0.486 e. The normalized spacial score (nSPS) is 13.2. The van der Waals surface area contributed by atoms with Crippen molar-refractivity contribution >= 4 is 29.2 Å². The quantitative estimate of drug-likeness (QED) is 0.481. The van der Waals surface area contributed by atoms with Crippen molar-refractivity contribution in [3.63, 3.8) is 0 Å². The number of Topliss-reactive ketones (excluding diaryl/α,β-unsaturated/α-hetero) is 1. The fourth-order valence-electron chi connectivity index (χ4n) is 3.33. The van der Waals surface area contributed by atoms with Crippen LogP contribution in [-0.4, -0.2) is 55.4 Å². The number of hydrogen-bond acceptors (Lipinski definition) is 7. The van der Waals surface area contributed by atoms with Crippen LogP contribution in [0.15, 0.2) is 30.5 Å². The zero-order chi connectivity index (χ0) is 24.6. The zero-order valence-electron chi connectivity index (χ0n) is 18.2. The van der Waals surface area contributed by atoms with Crippen LogP contribution < -0.4 is 15.4 Å². The number of benzene rings is 1. The second kappa shape index (κ2) is 8.54. The standard InChI is InChI=1S/C22H20FN5O6/c1-22(2,21(32)33)27-20(31)16-7-15(26-18-14(23)9-25-28(16)18)19(30)24-8-11-3-4-17-12(5-11)6-13(29)10-34-17/h3-5,7,9H,6,8,10H2,1-2H3,(H,24,30)(H,27,31)(H,32,33). The highest BCUT2D eigenvalue weighted by molar-refractivity contribution is 6.00. The molecule has 1 aliphatic rings. The average Bonchev–Trinajstić information content (AvgIpc) is 3.16. The van der Waals surface area contributed by atoms with Crippen LogP contribution in [0.2, 0.25) is 0 Å². The molecule has 2 aromatic heterocycles. The minimum atomic E-state index is -1.63. The SMILES string of the molecule is CC(C)(NC(=O)c1cc(C(=O)NCc2ccc3c(c2)CC(=O)CO3)nc2c(F)cnn12)C(=O)O. The molecule has 0 aliphatic carbocycles. The van der Waals surface area contributed by atoms with E-state index in [1.807, 2.05) is 0 Å². The first-order valence-electron chi connectivity index (χ1n) is 10.2. The molecule has 3 heterocycles. The highest BCUT2D eigenvalue weighted by atomic mass is 19.1. The molecule has 0 spiro atoms. The molecule has 0 unspecified atom stereocenters. The maximum Gasteiger partial charge on any atom is 0.328 e. The molecule has 1 aliphatic heterocycles. The summed E-state index contributed by atoms with van der Waals surface area (Å²) in [5, 5.41) is 18.0. The van der Waals surface area contributed by atoms with Gasteiger partial charge in [0, 0.05) is 24.6 Å². The molecule has 34 heavy (non-hydrogen) atoms. The van der Waals surface area contributed by atoms with Gasteiger partial charge in [0.2, 0.25) is 0 Å². The molecule has 0 saturated heterocycles. The van der Waals surface area contributed by atoms with Gasteiger partial charge in [-0.25, -0.2) is 18.7 Å². The maximum absolute atomic E-state index is 14.2. The third-order valence-corrected chi connectivity index (χ3v) is 5.21. The molecule has 3 N–H and O–H groups in total. The van der Waals surface area contributed by atoms with E-state index in [9.17, 15) is 28.7 Å². The predicted octanol–water partition coefficient (Wildman–Crippen LogP) is 0.895. The van der Waals surface area contributed by atoms with E-state index in [1.165, 1.54) is 13.8 Å². The number of halogens is 1. The molecular formula is C22H20FN5O6. The number of rotatable bonds is 6. The van der Waals surface area contributed by atoms with Crippen LogP contribution in [0.1, 0.15) is 46.0 Å². The first kappa shape index (κ1) is 22.8. The highest BCUT2D eigenvalue weighted by Gasteiger charge is 2.31. The van der Waals surface area contributed by atoms with Crippen molar-refractivity contribution in [2.45, 2.75) is 32.4 Å². The van der Waals surface area contributed by atoms with Crippen molar-refractivity contribution < 1.29 is 33.4 Å². The van der Waals surface area contributed by atoms with Gasteiger partial charge in [-0.1, -0.05) is 6.07 Å². The van der Waals surface area contributed by atoms with Crippen LogP contribution in [0.3, 0.4) is 0 Å². The number of carbonyl (C=O) groups is 4. The Morgan fingerprint density at radius 3 is 2.74 bits per heavy atom. The molecular weight excluding hydrogens is 449 g/mol. The summed E-state index contributed by atoms with van der Waals surface area (Å²) >= 11 is 0. The Balaban J connectivity index is 1.58. The Bertz CT molecular complexity index is 1350. The highest BCUT2D eigenvalue weighted by Crippen LogP contribution is 2.24. The molecule has 0 atom stereocenters. The smallest absolute Gasteiger partial charge is 0.328 e. The predicted molar refractivity (Wildman–Crippen MR) is 114 cm³/mol. The molecule has 0 radical (unpaired) electrons. The van der Waals surface area contributed by atoms with E-state index in [0.717, 1.165) is 16.8 Å². The molecule has 4 rings (SSSR count). The van der Waals surface area contributed by atoms with Gasteiger partial charge in [-0.15, -0.1) is 0 Å². The molecule has 0 bridgehead atoms. The minimum Gasteiger partial charge on any atom is -0.486 e. The van der Waals surface area contributed by atoms with Crippen LogP contribution in [0.4, 0.5) is 4.39 Å². The summed E-state index contributed by atoms with van der Waals surface area (Å²) in [7, 11) is 0. The third kappa shape index (κ3) is 4.42. The molecule has 11 nitrogen and oxygen atoms in total. The first-order chi connectivity index (χ1) is 16.0. The van der Waals surface area contributed by atoms with Gasteiger partial charge in [0.15, 0.2) is 17.2 Å². The van der Waals surface area contributed by atoms with Gasteiger partial charge < -0.3 is 20.5 Å². The van der Waals surface area contributed by atoms with Crippen LogP contribution in [0.25, 0.3) is 5.65 Å². The number of amides is 2. The number of fused-ring (bicyclic) bond motifs is 2. The topological polar surface area (TPSA) is 152 Å². The summed E-state index contributed by atoms with van der Waals surface area (Å²) in [6.07, 6.45) is 1.07. The van der Waals surface area contributed by atoms with Crippen molar-refractivity contribution in [2.24, 2.45) is 0 Å². The second-order valence-corrected chi connectivity index (χ2v) is 8.27. The maximum atomic E-state index is 14.2. The van der Waals surface area contributed by atoms with Crippen molar-refractivity contribution in [2.75, 3.05) is 6.61 Å². The number of carboxylic acids is 1. The Morgan fingerprint density at radius 1 is 1.24 bits per heavy atom. The van der Waals surface area contributed by atoms with Gasteiger partial charge in [0.05, 0.1) is 6.20 Å². The molecule has 0 fully saturated rings. The summed E-state index contributed by atoms with van der Waals surface area (Å²) in [4.78, 5) is 52.4. The lowest BCUT2D eigenvalue weighted by molar-refractivity contribution is -0.143. The number of carboxylic acid groups (broad SMARTS) is 1. The van der Waals surface area contributed by atoms with Crippen LogP contribution in [0, 0.1) is 5.82 Å². The number of aromatic nitrogens is 3. The molecule has 12 heteroatoms. The molecule has 1 aromatic carbocycles. The average molecular weight is 469 g/mol. The van der Waals surface area contributed by atoms with Crippen LogP contribution in [-0.2, 0) is 22.6 Å². The third-order valence-electron chi connectivity index (χ3n) is 5.21. The van der Waals surface area contributed by atoms with Gasteiger partial charge in [-0.05, 0) is 31.5 Å². The minimum absolute atomic E-state index is 0.0297. The number of carbonyl (C=O) groups excluding carboxylic acids is 3. The lowest BCUT2D eigenvalue weighted by Crippen LogP contribution is -2.50. The molecule has 3 aromatic rings. The summed E-state index contributed by atoms with van der Waals surface area (Å²) in [6, 6.07) is 6.28. The first-order valence-corrected chi connectivity index (χ1v) is 10.2. The van der Waals surface area contributed by atoms with Crippen LogP contribution in [0.5, 0.6) is 5.75 Å². The van der Waals surface area contributed by atoms with Gasteiger partial charge in [-0.2, -0.15) is 5.10 Å². The number of ether oxygens (including phenoxy) is 1. The van der Waals surface area contributed by atoms with Gasteiger partial charge in [-0.3, -0.25) is 14.4 Å². The Labute approximate surface area is 191 Å². The van der Waals surface area contributed by atoms with E-state index in [4.69, 9.17) is 4.74 Å². The monoisotopic (exact) mass is 469 g/mol. The Morgan fingerprint density at radius 2 is 2.00 bits per heavy atom. The molecule has 0 saturated carbocycles. The van der Waals surface area contributed by atoms with E-state index < -0.39 is 29.1 Å². The Hall–Kier alpha value is -4.35. The van der Waals surface area contributed by atoms with Crippen molar-refractivity contribution in [3.05, 3.63) is 58.8 Å². The van der Waals surface area contributed by atoms with Gasteiger partial charge in [0.25, 0.3) is 11.8 Å². The van der Waals surface area contributed by atoms with Crippen molar-refractivity contribution in [3.8, 4) is 5.75 Å². The van der Waals surface area contributed by atoms with Crippen molar-refractivity contribution in [1.29, 1.82) is 0 Å². The molecule has 2 amide bonds. The number of nitrogens with zero attached hydrogens (tertiary/aromatic N) is 3. The lowest BCUT2D eigenvalue weighted by Gasteiger charge is -2.21. The fourth-order valence-corrected chi connectivity index (χ4v) is 3.33. The van der Waals surface area contributed by atoms with E-state index in [0.29, 0.717) is 16.9 Å².